The van der Waals surface area contributed by atoms with Gasteiger partial charge in [0.05, 0.1) is 53.4 Å². The molecule has 4 rings (SSSR count). The molecule has 0 spiro atoms. The zero-order valence-electron chi connectivity index (χ0n) is 26.3. The summed E-state index contributed by atoms with van der Waals surface area (Å²) < 4.78 is 41.8. The Morgan fingerprint density at radius 2 is 1.64 bits per heavy atom. The van der Waals surface area contributed by atoms with E-state index in [1.54, 1.807) is 13.2 Å². The zero-order valence-corrected chi connectivity index (χ0v) is 26.3. The first-order valence-electron chi connectivity index (χ1n) is 15.9. The molecule has 1 saturated heterocycles. The molecule has 246 valence electrons. The number of nitrogen functional groups attached to an aromatic ring is 1. The van der Waals surface area contributed by atoms with Gasteiger partial charge in [-0.2, -0.15) is 15.0 Å². The van der Waals surface area contributed by atoms with Crippen LogP contribution < -0.4 is 20.7 Å². The third-order valence-electron chi connectivity index (χ3n) is 8.19. The van der Waals surface area contributed by atoms with Gasteiger partial charge in [0.25, 0.3) is 0 Å². The van der Waals surface area contributed by atoms with Crippen LogP contribution in [-0.2, 0) is 18.9 Å². The fourth-order valence-electron chi connectivity index (χ4n) is 5.81. The van der Waals surface area contributed by atoms with E-state index in [1.807, 2.05) is 11.0 Å². The van der Waals surface area contributed by atoms with Gasteiger partial charge in [-0.05, 0) is 50.3 Å². The van der Waals surface area contributed by atoms with Crippen LogP contribution in [0, 0.1) is 11.7 Å². The molecule has 3 N–H and O–H groups in total. The predicted molar refractivity (Wildman–Crippen MR) is 168 cm³/mol. The summed E-state index contributed by atoms with van der Waals surface area (Å²) in [6.45, 7) is 6.95. The maximum Gasteiger partial charge on any atom is 0.236 e. The maximum absolute atomic E-state index is 14.9. The smallest absolute Gasteiger partial charge is 0.236 e. The van der Waals surface area contributed by atoms with Gasteiger partial charge in [-0.3, -0.25) is 4.90 Å². The number of hydrogen-bond acceptors (Lipinski definition) is 12. The van der Waals surface area contributed by atoms with Crippen LogP contribution in [0.1, 0.15) is 44.9 Å². The second kappa shape index (κ2) is 18.8. The first-order valence-corrected chi connectivity index (χ1v) is 15.9. The van der Waals surface area contributed by atoms with Gasteiger partial charge in [0.1, 0.15) is 0 Å². The minimum Gasteiger partial charge on any atom is -0.494 e. The SMILES string of the molecule is COCCOCCOCCOCCN1CCCC1CN(c1ccc(OC)c(F)c1)c1nc(N)nc(NCC2CCCCC2)n1. The molecule has 1 unspecified atom stereocenters. The van der Waals surface area contributed by atoms with Crippen LogP contribution in [0.15, 0.2) is 18.2 Å². The second-order valence-corrected chi connectivity index (χ2v) is 11.3. The van der Waals surface area contributed by atoms with Gasteiger partial charge in [-0.1, -0.05) is 19.3 Å². The summed E-state index contributed by atoms with van der Waals surface area (Å²) in [5.41, 5.74) is 6.80. The van der Waals surface area contributed by atoms with Crippen LogP contribution in [0.4, 0.5) is 27.9 Å². The highest BCUT2D eigenvalue weighted by molar-refractivity contribution is 5.60. The van der Waals surface area contributed by atoms with E-state index in [9.17, 15) is 4.39 Å². The van der Waals surface area contributed by atoms with Crippen molar-refractivity contribution >= 4 is 23.5 Å². The van der Waals surface area contributed by atoms with Crippen molar-refractivity contribution in [2.45, 2.75) is 51.0 Å². The van der Waals surface area contributed by atoms with Gasteiger partial charge in [0.15, 0.2) is 11.6 Å². The van der Waals surface area contributed by atoms with Crippen molar-refractivity contribution in [3.8, 4) is 5.75 Å². The van der Waals surface area contributed by atoms with Crippen LogP contribution in [0.3, 0.4) is 0 Å². The third kappa shape index (κ3) is 11.0. The van der Waals surface area contributed by atoms with E-state index in [-0.39, 0.29) is 17.7 Å². The van der Waals surface area contributed by atoms with Crippen molar-refractivity contribution in [2.24, 2.45) is 5.92 Å². The summed E-state index contributed by atoms with van der Waals surface area (Å²) in [5.74, 6) is 1.28. The number of halogens is 1. The lowest BCUT2D eigenvalue weighted by molar-refractivity contribution is 0.000753. The van der Waals surface area contributed by atoms with Gasteiger partial charge < -0.3 is 39.6 Å². The summed E-state index contributed by atoms with van der Waals surface area (Å²) in [4.78, 5) is 17.9. The molecule has 2 fully saturated rings. The fraction of sp³-hybridized carbons (Fsp3) is 0.710. The average molecular weight is 620 g/mol. The molecule has 12 nitrogen and oxygen atoms in total. The van der Waals surface area contributed by atoms with E-state index >= 15 is 0 Å². The Bertz CT molecular complexity index is 1110. The average Bonchev–Trinajstić information content (AvgIpc) is 3.48. The number of rotatable bonds is 20. The Balaban J connectivity index is 1.36. The highest BCUT2D eigenvalue weighted by Gasteiger charge is 2.29. The molecule has 1 aliphatic carbocycles. The molecule has 13 heteroatoms. The molecule has 1 saturated carbocycles. The molecule has 1 aliphatic heterocycles. The molecule has 0 radical (unpaired) electrons. The maximum atomic E-state index is 14.9. The molecule has 2 aromatic rings. The second-order valence-electron chi connectivity index (χ2n) is 11.3. The molecule has 2 heterocycles. The van der Waals surface area contributed by atoms with Crippen molar-refractivity contribution in [1.29, 1.82) is 0 Å². The molecule has 1 aromatic carbocycles. The van der Waals surface area contributed by atoms with Crippen molar-refractivity contribution in [3.63, 3.8) is 0 Å². The van der Waals surface area contributed by atoms with Crippen LogP contribution >= 0.6 is 0 Å². The van der Waals surface area contributed by atoms with E-state index in [4.69, 9.17) is 34.4 Å². The minimum absolute atomic E-state index is 0.126. The normalized spacial score (nSPS) is 17.7. The predicted octanol–water partition coefficient (Wildman–Crippen LogP) is 3.89. The van der Waals surface area contributed by atoms with Crippen LogP contribution in [0.2, 0.25) is 0 Å². The number of benzene rings is 1. The van der Waals surface area contributed by atoms with Crippen LogP contribution in [0.5, 0.6) is 5.75 Å². The van der Waals surface area contributed by atoms with Crippen molar-refractivity contribution < 1.29 is 28.1 Å². The first kappa shape index (κ1) is 34.0. The van der Waals surface area contributed by atoms with Gasteiger partial charge in [0.2, 0.25) is 17.8 Å². The van der Waals surface area contributed by atoms with Gasteiger partial charge >= 0.3 is 0 Å². The molecular formula is C31H50FN7O5. The highest BCUT2D eigenvalue weighted by Crippen LogP contribution is 2.31. The number of aromatic nitrogens is 3. The first-order chi connectivity index (χ1) is 21.6. The molecule has 0 amide bonds. The number of nitrogens with two attached hydrogens (primary N) is 1. The summed E-state index contributed by atoms with van der Waals surface area (Å²) in [6, 6.07) is 5.10. The number of hydrogen-bond donors (Lipinski definition) is 2. The Hall–Kier alpha value is -2.84. The molecule has 44 heavy (non-hydrogen) atoms. The third-order valence-corrected chi connectivity index (χ3v) is 8.19. The summed E-state index contributed by atoms with van der Waals surface area (Å²) in [7, 11) is 3.10. The summed E-state index contributed by atoms with van der Waals surface area (Å²) >= 11 is 0. The van der Waals surface area contributed by atoms with Gasteiger partial charge in [-0.15, -0.1) is 0 Å². The molecular weight excluding hydrogens is 569 g/mol. The summed E-state index contributed by atoms with van der Waals surface area (Å²) in [6.07, 6.45) is 8.29. The minimum atomic E-state index is -0.451. The quantitative estimate of drug-likeness (QED) is 0.209. The molecule has 0 bridgehead atoms. The largest absolute Gasteiger partial charge is 0.494 e. The fourth-order valence-corrected chi connectivity index (χ4v) is 5.81. The number of ether oxygens (including phenoxy) is 5. The van der Waals surface area contributed by atoms with E-state index in [0.29, 0.717) is 76.3 Å². The van der Waals surface area contributed by atoms with Crippen molar-refractivity contribution in [3.05, 3.63) is 24.0 Å². The highest BCUT2D eigenvalue weighted by atomic mass is 19.1. The van der Waals surface area contributed by atoms with E-state index < -0.39 is 5.82 Å². The van der Waals surface area contributed by atoms with Crippen LogP contribution in [-0.4, -0.2) is 113 Å². The van der Waals surface area contributed by atoms with Gasteiger partial charge in [-0.25, -0.2) is 4.39 Å². The van der Waals surface area contributed by atoms with Crippen LogP contribution in [0.25, 0.3) is 0 Å². The lowest BCUT2D eigenvalue weighted by Crippen LogP contribution is -2.41. The Morgan fingerprint density at radius 3 is 2.34 bits per heavy atom. The Morgan fingerprint density at radius 1 is 0.909 bits per heavy atom. The van der Waals surface area contributed by atoms with E-state index in [0.717, 1.165) is 32.5 Å². The summed E-state index contributed by atoms with van der Waals surface area (Å²) in [5, 5.41) is 3.39. The van der Waals surface area contributed by atoms with Crippen molar-refractivity contribution in [1.82, 2.24) is 19.9 Å². The standard InChI is InChI=1S/C31H50FN7O5/c1-40-15-16-43-19-20-44-18-17-42-14-13-38-12-6-9-26(38)23-39(25-10-11-28(41-2)27(32)21-25)31-36-29(33)35-30(37-31)34-22-24-7-4-3-5-8-24/h10-11,21,24,26H,3-9,12-20,22-23H2,1-2H3,(H3,33,34,35,36,37). The van der Waals surface area contributed by atoms with E-state index in [2.05, 4.69) is 20.2 Å². The monoisotopic (exact) mass is 619 g/mol. The van der Waals surface area contributed by atoms with Crippen molar-refractivity contribution in [2.75, 3.05) is 103 Å². The molecule has 1 atom stereocenters. The topological polar surface area (TPSA) is 129 Å². The Labute approximate surface area is 260 Å². The number of nitrogens with one attached hydrogen (secondary N) is 1. The number of likely N-dealkylation sites (tertiary alicyclic amines) is 1. The van der Waals surface area contributed by atoms with Gasteiger partial charge in [0, 0.05) is 44.5 Å². The zero-order chi connectivity index (χ0) is 31.0. The number of nitrogens with zero attached hydrogens (tertiary/aromatic N) is 5. The number of methoxy groups -OCH3 is 2. The lowest BCUT2D eigenvalue weighted by Gasteiger charge is -2.31. The molecule has 1 aromatic heterocycles. The molecule has 2 aliphatic rings. The van der Waals surface area contributed by atoms with E-state index in [1.165, 1.54) is 45.3 Å². The Kier molecular flexibility index (Phi) is 14.6. The lowest BCUT2D eigenvalue weighted by atomic mass is 9.89. The number of anilines is 4.